The predicted octanol–water partition coefficient (Wildman–Crippen LogP) is 1.81. The van der Waals surface area contributed by atoms with Gasteiger partial charge in [0, 0.05) is 6.04 Å². The van der Waals surface area contributed by atoms with E-state index in [0.717, 1.165) is 12.2 Å². The van der Waals surface area contributed by atoms with Crippen LogP contribution in [0.5, 0.6) is 5.88 Å². The van der Waals surface area contributed by atoms with Gasteiger partial charge in [-0.2, -0.15) is 5.10 Å². The fourth-order valence-corrected chi connectivity index (χ4v) is 1.36. The third kappa shape index (κ3) is 2.56. The van der Waals surface area contributed by atoms with Gasteiger partial charge < -0.3 is 10.1 Å². The summed E-state index contributed by atoms with van der Waals surface area (Å²) < 4.78 is 4.91. The van der Waals surface area contributed by atoms with E-state index in [1.165, 1.54) is 7.11 Å². The smallest absolute Gasteiger partial charge is 0.252 e. The number of ether oxygens (including phenoxy) is 1. The fourth-order valence-electron chi connectivity index (χ4n) is 1.13. The average molecular weight is 216 g/mol. The molecular formula is C9H14ClN3O. The summed E-state index contributed by atoms with van der Waals surface area (Å²) in [7, 11) is 1.52. The standard InChI is InChI=1S/C9H14ClN3O/c1-4-11-6(2)8-5-7(10)9(14-3)13-12-8/h5-6,11H,4H2,1-3H3. The lowest BCUT2D eigenvalue weighted by Crippen LogP contribution is -2.19. The van der Waals surface area contributed by atoms with Crippen LogP contribution in [0.4, 0.5) is 0 Å². The Kier molecular flexibility index (Phi) is 4.10. The number of nitrogens with zero attached hydrogens (tertiary/aromatic N) is 2. The van der Waals surface area contributed by atoms with Crippen LogP contribution in [0.15, 0.2) is 6.07 Å². The van der Waals surface area contributed by atoms with Crippen LogP contribution in [0.25, 0.3) is 0 Å². The Bertz CT molecular complexity index is 306. The molecule has 1 atom stereocenters. The van der Waals surface area contributed by atoms with Crippen molar-refractivity contribution in [1.29, 1.82) is 0 Å². The zero-order chi connectivity index (χ0) is 10.6. The molecule has 78 valence electrons. The van der Waals surface area contributed by atoms with Crippen molar-refractivity contribution in [3.63, 3.8) is 0 Å². The monoisotopic (exact) mass is 215 g/mol. The molecule has 0 aliphatic heterocycles. The van der Waals surface area contributed by atoms with E-state index in [9.17, 15) is 0 Å². The number of methoxy groups -OCH3 is 1. The zero-order valence-corrected chi connectivity index (χ0v) is 9.30. The minimum absolute atomic E-state index is 0.149. The number of aromatic nitrogens is 2. The highest BCUT2D eigenvalue weighted by Gasteiger charge is 2.09. The Morgan fingerprint density at radius 1 is 1.57 bits per heavy atom. The highest BCUT2D eigenvalue weighted by atomic mass is 35.5. The number of hydrogen-bond acceptors (Lipinski definition) is 4. The lowest BCUT2D eigenvalue weighted by molar-refractivity contribution is 0.390. The van der Waals surface area contributed by atoms with Gasteiger partial charge in [0.1, 0.15) is 5.02 Å². The fraction of sp³-hybridized carbons (Fsp3) is 0.556. The molecule has 0 aliphatic carbocycles. The largest absolute Gasteiger partial charge is 0.479 e. The lowest BCUT2D eigenvalue weighted by atomic mass is 10.2. The van der Waals surface area contributed by atoms with Crippen molar-refractivity contribution < 1.29 is 4.74 Å². The van der Waals surface area contributed by atoms with E-state index in [1.54, 1.807) is 6.07 Å². The Labute approximate surface area is 88.6 Å². The minimum Gasteiger partial charge on any atom is -0.479 e. The third-order valence-corrected chi connectivity index (χ3v) is 2.15. The summed E-state index contributed by atoms with van der Waals surface area (Å²) in [4.78, 5) is 0. The number of halogens is 1. The number of rotatable bonds is 4. The van der Waals surface area contributed by atoms with Gasteiger partial charge in [-0.15, -0.1) is 5.10 Å². The maximum Gasteiger partial charge on any atom is 0.252 e. The topological polar surface area (TPSA) is 47.0 Å². The molecule has 14 heavy (non-hydrogen) atoms. The predicted molar refractivity (Wildman–Crippen MR) is 55.7 cm³/mol. The molecule has 0 fully saturated rings. The van der Waals surface area contributed by atoms with Crippen LogP contribution in [0.3, 0.4) is 0 Å². The van der Waals surface area contributed by atoms with E-state index >= 15 is 0 Å². The Morgan fingerprint density at radius 2 is 2.29 bits per heavy atom. The molecule has 0 amide bonds. The van der Waals surface area contributed by atoms with Crippen molar-refractivity contribution in [2.24, 2.45) is 0 Å². The molecule has 4 nitrogen and oxygen atoms in total. The summed E-state index contributed by atoms with van der Waals surface area (Å²) in [5.74, 6) is 0.360. The maximum absolute atomic E-state index is 5.92. The molecule has 1 N–H and O–H groups in total. The molecule has 0 bridgehead atoms. The van der Waals surface area contributed by atoms with Crippen molar-refractivity contribution in [2.45, 2.75) is 19.9 Å². The Balaban J connectivity index is 2.85. The molecule has 5 heteroatoms. The molecule has 0 aliphatic rings. The highest BCUT2D eigenvalue weighted by molar-refractivity contribution is 6.31. The van der Waals surface area contributed by atoms with Gasteiger partial charge in [-0.05, 0) is 19.5 Å². The van der Waals surface area contributed by atoms with Crippen molar-refractivity contribution in [3.8, 4) is 5.88 Å². The molecule has 1 aromatic heterocycles. The first-order chi connectivity index (χ1) is 6.69. The molecule has 0 spiro atoms. The first kappa shape index (κ1) is 11.2. The van der Waals surface area contributed by atoms with E-state index < -0.39 is 0 Å². The van der Waals surface area contributed by atoms with Crippen molar-refractivity contribution in [1.82, 2.24) is 15.5 Å². The molecule has 0 saturated heterocycles. The van der Waals surface area contributed by atoms with Crippen LogP contribution in [0.1, 0.15) is 25.6 Å². The molecule has 1 aromatic rings. The summed E-state index contributed by atoms with van der Waals surface area (Å²) in [6.45, 7) is 4.93. The molecule has 1 unspecified atom stereocenters. The molecule has 0 aromatic carbocycles. The van der Waals surface area contributed by atoms with Crippen LogP contribution >= 0.6 is 11.6 Å². The molecular weight excluding hydrogens is 202 g/mol. The summed E-state index contributed by atoms with van der Waals surface area (Å²) >= 11 is 5.92. The summed E-state index contributed by atoms with van der Waals surface area (Å²) in [6, 6.07) is 1.91. The number of nitrogens with one attached hydrogen (secondary N) is 1. The quantitative estimate of drug-likeness (QED) is 0.832. The zero-order valence-electron chi connectivity index (χ0n) is 8.54. The van der Waals surface area contributed by atoms with Crippen molar-refractivity contribution >= 4 is 11.6 Å². The highest BCUT2D eigenvalue weighted by Crippen LogP contribution is 2.22. The van der Waals surface area contributed by atoms with Gasteiger partial charge in [0.25, 0.3) is 5.88 Å². The van der Waals surface area contributed by atoms with Gasteiger partial charge in [0.15, 0.2) is 0 Å². The van der Waals surface area contributed by atoms with Gasteiger partial charge in [0.2, 0.25) is 0 Å². The van der Waals surface area contributed by atoms with Crippen molar-refractivity contribution in [2.75, 3.05) is 13.7 Å². The minimum atomic E-state index is 0.149. The normalized spacial score (nSPS) is 12.6. The van der Waals surface area contributed by atoms with E-state index in [1.807, 2.05) is 13.8 Å². The van der Waals surface area contributed by atoms with Crippen LogP contribution in [0, 0.1) is 0 Å². The van der Waals surface area contributed by atoms with Gasteiger partial charge >= 0.3 is 0 Å². The Hall–Kier alpha value is -0.870. The van der Waals surface area contributed by atoms with Gasteiger partial charge in [0.05, 0.1) is 12.8 Å². The van der Waals surface area contributed by atoms with Crippen LogP contribution in [-0.2, 0) is 0 Å². The van der Waals surface area contributed by atoms with Crippen molar-refractivity contribution in [3.05, 3.63) is 16.8 Å². The molecule has 0 saturated carbocycles. The van der Waals surface area contributed by atoms with Crippen LogP contribution < -0.4 is 10.1 Å². The molecule has 0 radical (unpaired) electrons. The lowest BCUT2D eigenvalue weighted by Gasteiger charge is -2.11. The third-order valence-electron chi connectivity index (χ3n) is 1.88. The van der Waals surface area contributed by atoms with Gasteiger partial charge in [-0.3, -0.25) is 0 Å². The van der Waals surface area contributed by atoms with Crippen LogP contribution in [0.2, 0.25) is 5.02 Å². The number of hydrogen-bond donors (Lipinski definition) is 1. The summed E-state index contributed by atoms with van der Waals surface area (Å²) in [6.07, 6.45) is 0. The SMILES string of the molecule is CCNC(C)c1cc(Cl)c(OC)nn1. The van der Waals surface area contributed by atoms with E-state index in [0.29, 0.717) is 10.9 Å². The molecule has 1 heterocycles. The van der Waals surface area contributed by atoms with E-state index in [2.05, 4.69) is 15.5 Å². The van der Waals surface area contributed by atoms with E-state index in [-0.39, 0.29) is 6.04 Å². The maximum atomic E-state index is 5.92. The Morgan fingerprint density at radius 3 is 2.79 bits per heavy atom. The summed E-state index contributed by atoms with van der Waals surface area (Å²) in [5.41, 5.74) is 0.817. The first-order valence-electron chi connectivity index (χ1n) is 4.49. The van der Waals surface area contributed by atoms with Crippen LogP contribution in [-0.4, -0.2) is 23.9 Å². The van der Waals surface area contributed by atoms with E-state index in [4.69, 9.17) is 16.3 Å². The average Bonchev–Trinajstić information content (AvgIpc) is 2.18. The summed E-state index contributed by atoms with van der Waals surface area (Å²) in [5, 5.41) is 11.6. The van der Waals surface area contributed by atoms with Gasteiger partial charge in [-0.25, -0.2) is 0 Å². The molecule has 1 rings (SSSR count). The second-order valence-corrected chi connectivity index (χ2v) is 3.31. The second-order valence-electron chi connectivity index (χ2n) is 2.91. The van der Waals surface area contributed by atoms with Gasteiger partial charge in [-0.1, -0.05) is 18.5 Å². The first-order valence-corrected chi connectivity index (χ1v) is 4.87. The second kappa shape index (κ2) is 5.12.